The summed E-state index contributed by atoms with van der Waals surface area (Å²) in [5.41, 5.74) is 3.96. The lowest BCUT2D eigenvalue weighted by atomic mass is 10.1. The maximum absolute atomic E-state index is 5.39. The first-order chi connectivity index (χ1) is 9.88. The van der Waals surface area contributed by atoms with Crippen LogP contribution in [0.3, 0.4) is 0 Å². The topological polar surface area (TPSA) is 52.8 Å². The smallest absolute Gasteiger partial charge is 0.177 e. The van der Waals surface area contributed by atoms with Gasteiger partial charge in [0.2, 0.25) is 0 Å². The van der Waals surface area contributed by atoms with Crippen LogP contribution in [0, 0.1) is 0 Å². The highest BCUT2D eigenvalue weighted by atomic mass is 16.5. The monoisotopic (exact) mass is 268 g/mol. The Hall–Kier alpha value is -2.27. The minimum Gasteiger partial charge on any atom is -0.380 e. The fourth-order valence-electron chi connectivity index (χ4n) is 2.13. The fraction of sp³-hybridized carbons (Fsp3) is 0.267. The quantitative estimate of drug-likeness (QED) is 0.667. The highest BCUT2D eigenvalue weighted by Gasteiger charge is 2.06. The molecule has 3 rings (SSSR count). The Bertz CT molecular complexity index is 693. The van der Waals surface area contributed by atoms with Crippen LogP contribution < -0.4 is 0 Å². The summed E-state index contributed by atoms with van der Waals surface area (Å²) in [6.07, 6.45) is 7.22. The van der Waals surface area contributed by atoms with Gasteiger partial charge < -0.3 is 9.30 Å². The normalized spacial score (nSPS) is 11.1. The Morgan fingerprint density at radius 2 is 2.00 bits per heavy atom. The molecular formula is C15H16N4O. The molecule has 0 atom stereocenters. The van der Waals surface area contributed by atoms with Gasteiger partial charge in [0.05, 0.1) is 18.5 Å². The minimum absolute atomic E-state index is 0.682. The van der Waals surface area contributed by atoms with Gasteiger partial charge in [-0.1, -0.05) is 0 Å². The molecule has 0 spiro atoms. The van der Waals surface area contributed by atoms with Crippen LogP contribution in [0.15, 0.2) is 43.1 Å². The molecule has 0 N–H and O–H groups in total. The van der Waals surface area contributed by atoms with Crippen LogP contribution in [0.2, 0.25) is 0 Å². The van der Waals surface area contributed by atoms with Crippen molar-refractivity contribution in [1.29, 1.82) is 0 Å². The molecule has 0 aromatic carbocycles. The van der Waals surface area contributed by atoms with E-state index in [0.717, 1.165) is 35.4 Å². The van der Waals surface area contributed by atoms with E-state index in [-0.39, 0.29) is 0 Å². The summed E-state index contributed by atoms with van der Waals surface area (Å²) in [5.74, 6) is 0. The Morgan fingerprint density at radius 3 is 2.80 bits per heavy atom. The van der Waals surface area contributed by atoms with E-state index in [1.54, 1.807) is 12.4 Å². The summed E-state index contributed by atoms with van der Waals surface area (Å²) in [6, 6.07) is 6.06. The lowest BCUT2D eigenvalue weighted by Crippen LogP contribution is -2.04. The Kier molecular flexibility index (Phi) is 3.69. The second-order valence-electron chi connectivity index (χ2n) is 4.44. The molecule has 0 aliphatic carbocycles. The molecule has 0 aliphatic heterocycles. The van der Waals surface area contributed by atoms with Gasteiger partial charge in [0.15, 0.2) is 5.65 Å². The summed E-state index contributed by atoms with van der Waals surface area (Å²) in [6.45, 7) is 4.19. The van der Waals surface area contributed by atoms with Crippen molar-refractivity contribution in [1.82, 2.24) is 19.5 Å². The molecule has 0 saturated carbocycles. The third-order valence-corrected chi connectivity index (χ3v) is 3.17. The van der Waals surface area contributed by atoms with Gasteiger partial charge in [-0.05, 0) is 30.7 Å². The molecule has 102 valence electrons. The lowest BCUT2D eigenvalue weighted by Gasteiger charge is -2.05. The van der Waals surface area contributed by atoms with Crippen molar-refractivity contribution in [2.75, 3.05) is 13.2 Å². The van der Waals surface area contributed by atoms with Crippen molar-refractivity contribution in [3.05, 3.63) is 43.1 Å². The van der Waals surface area contributed by atoms with Gasteiger partial charge in [-0.15, -0.1) is 0 Å². The first-order valence-electron chi connectivity index (χ1n) is 6.67. The minimum atomic E-state index is 0.682. The zero-order valence-corrected chi connectivity index (χ0v) is 11.4. The molecule has 3 heterocycles. The van der Waals surface area contributed by atoms with Gasteiger partial charge in [-0.25, -0.2) is 9.97 Å². The molecule has 3 aromatic rings. The molecular weight excluding hydrogens is 252 g/mol. The summed E-state index contributed by atoms with van der Waals surface area (Å²) in [4.78, 5) is 12.8. The number of nitrogens with zero attached hydrogens (tertiary/aromatic N) is 4. The molecule has 0 aliphatic rings. The van der Waals surface area contributed by atoms with Gasteiger partial charge >= 0.3 is 0 Å². The van der Waals surface area contributed by atoms with E-state index < -0.39 is 0 Å². The SMILES string of the molecule is CCOCCn1cnc2ncc(-c3ccncc3)cc21. The third-order valence-electron chi connectivity index (χ3n) is 3.17. The number of aromatic nitrogens is 4. The first-order valence-corrected chi connectivity index (χ1v) is 6.67. The average Bonchev–Trinajstić information content (AvgIpc) is 2.91. The van der Waals surface area contributed by atoms with E-state index in [9.17, 15) is 0 Å². The molecule has 0 fully saturated rings. The first kappa shape index (κ1) is 12.7. The van der Waals surface area contributed by atoms with Crippen molar-refractivity contribution in [3.8, 4) is 11.1 Å². The van der Waals surface area contributed by atoms with Crippen molar-refractivity contribution >= 4 is 11.2 Å². The van der Waals surface area contributed by atoms with Gasteiger partial charge in [-0.3, -0.25) is 4.98 Å². The molecule has 0 unspecified atom stereocenters. The number of pyridine rings is 2. The molecule has 3 aromatic heterocycles. The van der Waals surface area contributed by atoms with E-state index in [0.29, 0.717) is 6.61 Å². The van der Waals surface area contributed by atoms with E-state index in [1.807, 2.05) is 31.6 Å². The zero-order valence-electron chi connectivity index (χ0n) is 11.4. The largest absolute Gasteiger partial charge is 0.380 e. The molecule has 0 bridgehead atoms. The van der Waals surface area contributed by atoms with E-state index in [2.05, 4.69) is 25.6 Å². The van der Waals surface area contributed by atoms with Crippen LogP contribution in [0.5, 0.6) is 0 Å². The number of imidazole rings is 1. The van der Waals surface area contributed by atoms with Crippen molar-refractivity contribution < 1.29 is 4.74 Å². The average molecular weight is 268 g/mol. The number of hydrogen-bond donors (Lipinski definition) is 0. The van der Waals surface area contributed by atoms with E-state index in [4.69, 9.17) is 4.74 Å². The van der Waals surface area contributed by atoms with Crippen molar-refractivity contribution in [2.45, 2.75) is 13.5 Å². The van der Waals surface area contributed by atoms with Crippen molar-refractivity contribution in [3.63, 3.8) is 0 Å². The number of fused-ring (bicyclic) bond motifs is 1. The van der Waals surface area contributed by atoms with Crippen molar-refractivity contribution in [2.24, 2.45) is 0 Å². The Morgan fingerprint density at radius 1 is 1.15 bits per heavy atom. The van der Waals surface area contributed by atoms with Gasteiger partial charge in [0.25, 0.3) is 0 Å². The predicted molar refractivity (Wildman–Crippen MR) is 77.3 cm³/mol. The highest BCUT2D eigenvalue weighted by molar-refractivity contribution is 5.78. The van der Waals surface area contributed by atoms with Crippen LogP contribution in [0.1, 0.15) is 6.92 Å². The highest BCUT2D eigenvalue weighted by Crippen LogP contribution is 2.21. The molecule has 20 heavy (non-hydrogen) atoms. The molecule has 0 amide bonds. The third kappa shape index (κ3) is 2.53. The second kappa shape index (κ2) is 5.79. The lowest BCUT2D eigenvalue weighted by molar-refractivity contribution is 0.140. The summed E-state index contributed by atoms with van der Waals surface area (Å²) < 4.78 is 7.47. The number of rotatable bonds is 5. The summed E-state index contributed by atoms with van der Waals surface area (Å²) >= 11 is 0. The zero-order chi connectivity index (χ0) is 13.8. The molecule has 5 heteroatoms. The van der Waals surface area contributed by atoms with Crippen LogP contribution >= 0.6 is 0 Å². The molecule has 0 saturated heterocycles. The standard InChI is InChI=1S/C15H16N4O/c1-2-20-8-7-19-11-18-15-14(19)9-13(10-17-15)12-3-5-16-6-4-12/h3-6,9-11H,2,7-8H2,1H3. The second-order valence-corrected chi connectivity index (χ2v) is 4.44. The van der Waals surface area contributed by atoms with Gasteiger partial charge in [0, 0.05) is 37.3 Å². The molecule has 0 radical (unpaired) electrons. The maximum atomic E-state index is 5.39. The Labute approximate surface area is 117 Å². The molecule has 5 nitrogen and oxygen atoms in total. The summed E-state index contributed by atoms with van der Waals surface area (Å²) in [7, 11) is 0. The van der Waals surface area contributed by atoms with Gasteiger partial charge in [-0.2, -0.15) is 0 Å². The number of ether oxygens (including phenoxy) is 1. The van der Waals surface area contributed by atoms with E-state index >= 15 is 0 Å². The summed E-state index contributed by atoms with van der Waals surface area (Å²) in [5, 5.41) is 0. The van der Waals surface area contributed by atoms with E-state index in [1.165, 1.54) is 0 Å². The van der Waals surface area contributed by atoms with Crippen LogP contribution in [0.25, 0.3) is 22.3 Å². The predicted octanol–water partition coefficient (Wildman–Crippen LogP) is 2.53. The van der Waals surface area contributed by atoms with Crippen LogP contribution in [0.4, 0.5) is 0 Å². The maximum Gasteiger partial charge on any atom is 0.177 e. The fourth-order valence-corrected chi connectivity index (χ4v) is 2.13. The number of hydrogen-bond acceptors (Lipinski definition) is 4. The Balaban J connectivity index is 1.95. The van der Waals surface area contributed by atoms with Crippen LogP contribution in [-0.4, -0.2) is 32.7 Å². The van der Waals surface area contributed by atoms with Gasteiger partial charge in [0.1, 0.15) is 0 Å². The van der Waals surface area contributed by atoms with Crippen LogP contribution in [-0.2, 0) is 11.3 Å².